The molecule has 20 heavy (non-hydrogen) atoms. The number of aryl methyl sites for hydroxylation is 1. The zero-order valence-corrected chi connectivity index (χ0v) is 13.2. The number of thiocarbonyl (C=S) groups is 1. The lowest BCUT2D eigenvalue weighted by molar-refractivity contribution is 0.102. The molecule has 0 radical (unpaired) electrons. The summed E-state index contributed by atoms with van der Waals surface area (Å²) in [6.07, 6.45) is 0. The van der Waals surface area contributed by atoms with Gasteiger partial charge in [-0.2, -0.15) is 0 Å². The number of carbonyl (C=O) groups excluding carboxylic acids is 1. The van der Waals surface area contributed by atoms with E-state index in [2.05, 4.69) is 21.2 Å². The van der Waals surface area contributed by atoms with Crippen LogP contribution in [0.5, 0.6) is 0 Å². The maximum Gasteiger partial charge on any atom is 0.255 e. The average Bonchev–Trinajstić information content (AvgIpc) is 2.42. The van der Waals surface area contributed by atoms with Crippen molar-refractivity contribution in [2.24, 2.45) is 5.73 Å². The molecule has 0 aliphatic rings. The van der Waals surface area contributed by atoms with E-state index in [1.807, 2.05) is 19.1 Å². The van der Waals surface area contributed by atoms with Crippen LogP contribution in [-0.4, -0.2) is 10.9 Å². The van der Waals surface area contributed by atoms with Crippen LogP contribution in [-0.2, 0) is 0 Å². The number of hydrogen-bond acceptors (Lipinski definition) is 2. The van der Waals surface area contributed by atoms with Gasteiger partial charge in [0.25, 0.3) is 5.91 Å². The summed E-state index contributed by atoms with van der Waals surface area (Å²) in [7, 11) is 0. The first kappa shape index (κ1) is 14.7. The highest BCUT2D eigenvalue weighted by atomic mass is 79.9. The molecule has 3 N–H and O–H groups in total. The highest BCUT2D eigenvalue weighted by Gasteiger charge is 2.10. The Labute approximate surface area is 131 Å². The molecule has 0 saturated heterocycles. The predicted molar refractivity (Wildman–Crippen MR) is 89.2 cm³/mol. The summed E-state index contributed by atoms with van der Waals surface area (Å²) in [4.78, 5) is 12.6. The highest BCUT2D eigenvalue weighted by Crippen LogP contribution is 2.18. The number of carbonyl (C=O) groups is 1. The summed E-state index contributed by atoms with van der Waals surface area (Å²) >= 11 is 8.25. The third kappa shape index (κ3) is 3.43. The van der Waals surface area contributed by atoms with E-state index in [9.17, 15) is 4.79 Å². The molecular formula is C15H13BrN2OS. The van der Waals surface area contributed by atoms with E-state index in [1.54, 1.807) is 30.3 Å². The number of hydrogen-bond donors (Lipinski definition) is 2. The largest absolute Gasteiger partial charge is 0.389 e. The second-order valence-electron chi connectivity index (χ2n) is 4.35. The first-order valence-electron chi connectivity index (χ1n) is 5.95. The molecule has 2 rings (SSSR count). The molecule has 0 unspecified atom stereocenters. The normalized spacial score (nSPS) is 10.1. The van der Waals surface area contributed by atoms with Gasteiger partial charge in [0.2, 0.25) is 0 Å². The Hall–Kier alpha value is -1.72. The van der Waals surface area contributed by atoms with Crippen molar-refractivity contribution in [1.29, 1.82) is 0 Å². The number of anilines is 1. The Morgan fingerprint density at radius 1 is 1.20 bits per heavy atom. The third-order valence-electron chi connectivity index (χ3n) is 2.87. The molecule has 102 valence electrons. The van der Waals surface area contributed by atoms with Crippen molar-refractivity contribution in [2.45, 2.75) is 6.92 Å². The topological polar surface area (TPSA) is 55.1 Å². The van der Waals surface area contributed by atoms with Crippen molar-refractivity contribution >= 4 is 44.7 Å². The van der Waals surface area contributed by atoms with E-state index in [1.165, 1.54) is 0 Å². The van der Waals surface area contributed by atoms with Crippen LogP contribution in [0.4, 0.5) is 5.69 Å². The fourth-order valence-electron chi connectivity index (χ4n) is 1.76. The van der Waals surface area contributed by atoms with Crippen LogP contribution < -0.4 is 11.1 Å². The minimum Gasteiger partial charge on any atom is -0.389 e. The monoisotopic (exact) mass is 348 g/mol. The van der Waals surface area contributed by atoms with Gasteiger partial charge >= 0.3 is 0 Å². The second kappa shape index (κ2) is 6.15. The molecule has 0 fully saturated rings. The van der Waals surface area contributed by atoms with Crippen molar-refractivity contribution in [3.63, 3.8) is 0 Å². The molecular weight excluding hydrogens is 336 g/mol. The Bertz CT molecular complexity index is 668. The number of nitrogens with two attached hydrogens (primary N) is 1. The van der Waals surface area contributed by atoms with E-state index in [-0.39, 0.29) is 5.91 Å². The van der Waals surface area contributed by atoms with Gasteiger partial charge in [0.1, 0.15) is 4.99 Å². The van der Waals surface area contributed by atoms with Crippen LogP contribution in [0.3, 0.4) is 0 Å². The second-order valence-corrected chi connectivity index (χ2v) is 5.71. The molecule has 0 atom stereocenters. The SMILES string of the molecule is Cc1ccc(Br)cc1C(=O)Nc1ccc(C(N)=S)cc1. The first-order chi connectivity index (χ1) is 9.47. The molecule has 0 aromatic heterocycles. The summed E-state index contributed by atoms with van der Waals surface area (Å²) in [5.74, 6) is -0.146. The van der Waals surface area contributed by atoms with Crippen LogP contribution in [0.15, 0.2) is 46.9 Å². The van der Waals surface area contributed by atoms with Gasteiger partial charge in [-0.3, -0.25) is 4.79 Å². The van der Waals surface area contributed by atoms with Gasteiger partial charge in [-0.05, 0) is 48.9 Å². The van der Waals surface area contributed by atoms with E-state index >= 15 is 0 Å². The lowest BCUT2D eigenvalue weighted by Crippen LogP contribution is -2.14. The summed E-state index contributed by atoms with van der Waals surface area (Å²) in [5.41, 5.74) is 8.57. The first-order valence-corrected chi connectivity index (χ1v) is 7.15. The zero-order chi connectivity index (χ0) is 14.7. The van der Waals surface area contributed by atoms with E-state index in [0.717, 1.165) is 15.6 Å². The molecule has 0 saturated carbocycles. The van der Waals surface area contributed by atoms with Crippen molar-refractivity contribution in [3.8, 4) is 0 Å². The molecule has 0 aliphatic heterocycles. The van der Waals surface area contributed by atoms with Gasteiger partial charge in [-0.1, -0.05) is 34.2 Å². The van der Waals surface area contributed by atoms with Gasteiger partial charge in [0.05, 0.1) is 0 Å². The van der Waals surface area contributed by atoms with Gasteiger partial charge in [0.15, 0.2) is 0 Å². The zero-order valence-electron chi connectivity index (χ0n) is 10.8. The van der Waals surface area contributed by atoms with Crippen molar-refractivity contribution < 1.29 is 4.79 Å². The number of rotatable bonds is 3. The molecule has 3 nitrogen and oxygen atoms in total. The van der Waals surface area contributed by atoms with E-state index in [0.29, 0.717) is 16.2 Å². The molecule has 0 aliphatic carbocycles. The fourth-order valence-corrected chi connectivity index (χ4v) is 2.25. The number of nitrogens with one attached hydrogen (secondary N) is 1. The molecule has 5 heteroatoms. The molecule has 1 amide bonds. The van der Waals surface area contributed by atoms with Crippen molar-refractivity contribution in [3.05, 3.63) is 63.6 Å². The smallest absolute Gasteiger partial charge is 0.255 e. The minimum absolute atomic E-state index is 0.146. The third-order valence-corrected chi connectivity index (χ3v) is 3.60. The summed E-state index contributed by atoms with van der Waals surface area (Å²) in [6.45, 7) is 1.90. The summed E-state index contributed by atoms with van der Waals surface area (Å²) < 4.78 is 0.872. The summed E-state index contributed by atoms with van der Waals surface area (Å²) in [6, 6.07) is 12.7. The van der Waals surface area contributed by atoms with Crippen LogP contribution in [0, 0.1) is 6.92 Å². The molecule has 0 heterocycles. The van der Waals surface area contributed by atoms with Crippen LogP contribution in [0.2, 0.25) is 0 Å². The van der Waals surface area contributed by atoms with Crippen molar-refractivity contribution in [1.82, 2.24) is 0 Å². The average molecular weight is 349 g/mol. The van der Waals surface area contributed by atoms with E-state index in [4.69, 9.17) is 18.0 Å². The number of benzene rings is 2. The highest BCUT2D eigenvalue weighted by molar-refractivity contribution is 9.10. The van der Waals surface area contributed by atoms with E-state index < -0.39 is 0 Å². The lowest BCUT2D eigenvalue weighted by Gasteiger charge is -2.09. The molecule has 2 aromatic rings. The number of halogens is 1. The van der Waals surface area contributed by atoms with Gasteiger partial charge in [-0.15, -0.1) is 0 Å². The van der Waals surface area contributed by atoms with Gasteiger partial charge < -0.3 is 11.1 Å². The molecule has 0 spiro atoms. The van der Waals surface area contributed by atoms with Crippen LogP contribution in [0.25, 0.3) is 0 Å². The molecule has 0 bridgehead atoms. The van der Waals surface area contributed by atoms with Crippen LogP contribution in [0.1, 0.15) is 21.5 Å². The van der Waals surface area contributed by atoms with Crippen LogP contribution >= 0.6 is 28.1 Å². The maximum absolute atomic E-state index is 12.2. The Balaban J connectivity index is 2.19. The van der Waals surface area contributed by atoms with Gasteiger partial charge in [-0.25, -0.2) is 0 Å². The van der Waals surface area contributed by atoms with Crippen molar-refractivity contribution in [2.75, 3.05) is 5.32 Å². The maximum atomic E-state index is 12.2. The number of amides is 1. The van der Waals surface area contributed by atoms with Gasteiger partial charge in [0, 0.05) is 21.3 Å². The predicted octanol–water partition coefficient (Wildman–Crippen LogP) is 3.64. The lowest BCUT2D eigenvalue weighted by atomic mass is 10.1. The molecule has 2 aromatic carbocycles. The fraction of sp³-hybridized carbons (Fsp3) is 0.0667. The Kier molecular flexibility index (Phi) is 4.52. The Morgan fingerprint density at radius 3 is 2.45 bits per heavy atom. The summed E-state index contributed by atoms with van der Waals surface area (Å²) in [5, 5.41) is 2.85. The standard InChI is InChI=1S/C15H13BrN2OS/c1-9-2-5-11(16)8-13(9)15(19)18-12-6-3-10(4-7-12)14(17)20/h2-8H,1H3,(H2,17,20)(H,18,19). The minimum atomic E-state index is -0.146. The quantitative estimate of drug-likeness (QED) is 0.832. The Morgan fingerprint density at radius 2 is 1.85 bits per heavy atom.